The number of hydrogen-bond acceptors (Lipinski definition) is 4. The van der Waals surface area contributed by atoms with E-state index in [1.807, 2.05) is 12.3 Å². The number of Topliss-reactive ketones (excluding diaryl/α,β-unsaturated/α-hetero) is 1. The Morgan fingerprint density at radius 2 is 2.26 bits per heavy atom. The van der Waals surface area contributed by atoms with Crippen LogP contribution in [0, 0.1) is 12.7 Å². The molecule has 2 aromatic rings. The number of ketones is 1. The van der Waals surface area contributed by atoms with Crippen molar-refractivity contribution in [2.75, 3.05) is 11.9 Å². The van der Waals surface area contributed by atoms with Crippen molar-refractivity contribution in [2.24, 2.45) is 0 Å². The van der Waals surface area contributed by atoms with Crippen LogP contribution >= 0.6 is 11.3 Å². The molecule has 1 N–H and O–H groups in total. The first kappa shape index (κ1) is 13.7. The van der Waals surface area contributed by atoms with Gasteiger partial charge in [-0.25, -0.2) is 9.37 Å². The first-order valence-corrected chi connectivity index (χ1v) is 6.90. The van der Waals surface area contributed by atoms with E-state index in [4.69, 9.17) is 0 Å². The van der Waals surface area contributed by atoms with E-state index in [9.17, 15) is 9.18 Å². The Morgan fingerprint density at radius 3 is 2.89 bits per heavy atom. The molecule has 0 saturated carbocycles. The summed E-state index contributed by atoms with van der Waals surface area (Å²) in [6.07, 6.45) is 0.748. The zero-order valence-corrected chi connectivity index (χ0v) is 11.7. The van der Waals surface area contributed by atoms with E-state index in [0.717, 1.165) is 17.1 Å². The Labute approximate surface area is 115 Å². The van der Waals surface area contributed by atoms with Crippen molar-refractivity contribution in [1.82, 2.24) is 4.98 Å². The van der Waals surface area contributed by atoms with Gasteiger partial charge in [0.2, 0.25) is 0 Å². The molecule has 19 heavy (non-hydrogen) atoms. The maximum absolute atomic E-state index is 13.6. The lowest BCUT2D eigenvalue weighted by Gasteiger charge is -2.10. The number of thiazole rings is 1. The van der Waals surface area contributed by atoms with E-state index in [2.05, 4.69) is 10.3 Å². The molecule has 0 amide bonds. The summed E-state index contributed by atoms with van der Waals surface area (Å²) in [5.74, 6) is -0.757. The van der Waals surface area contributed by atoms with Gasteiger partial charge in [-0.05, 0) is 26.0 Å². The molecular weight excluding hydrogens is 263 g/mol. The SMILES string of the molecule is CC(=O)c1c(F)cccc1NCCc1csc(C)n1. The van der Waals surface area contributed by atoms with Crippen LogP contribution < -0.4 is 5.32 Å². The molecule has 0 atom stereocenters. The van der Waals surface area contributed by atoms with Gasteiger partial charge in [0, 0.05) is 24.0 Å². The zero-order valence-electron chi connectivity index (χ0n) is 10.9. The highest BCUT2D eigenvalue weighted by atomic mass is 32.1. The van der Waals surface area contributed by atoms with E-state index in [1.165, 1.54) is 13.0 Å². The molecule has 0 aliphatic rings. The van der Waals surface area contributed by atoms with Crippen LogP contribution in [0.15, 0.2) is 23.6 Å². The third-order valence-corrected chi connectivity index (χ3v) is 3.55. The van der Waals surface area contributed by atoms with Gasteiger partial charge in [0.15, 0.2) is 5.78 Å². The smallest absolute Gasteiger partial charge is 0.164 e. The van der Waals surface area contributed by atoms with E-state index in [-0.39, 0.29) is 11.3 Å². The molecule has 0 unspecified atom stereocenters. The van der Waals surface area contributed by atoms with E-state index >= 15 is 0 Å². The summed E-state index contributed by atoms with van der Waals surface area (Å²) in [5, 5.41) is 6.14. The summed E-state index contributed by atoms with van der Waals surface area (Å²) in [5.41, 5.74) is 1.67. The average Bonchev–Trinajstić information content (AvgIpc) is 2.74. The number of nitrogens with zero attached hydrogens (tertiary/aromatic N) is 1. The van der Waals surface area contributed by atoms with Crippen LogP contribution in [0.25, 0.3) is 0 Å². The molecule has 1 aromatic heterocycles. The molecule has 0 bridgehead atoms. The van der Waals surface area contributed by atoms with Crippen LogP contribution in [-0.4, -0.2) is 17.3 Å². The summed E-state index contributed by atoms with van der Waals surface area (Å²) in [7, 11) is 0. The van der Waals surface area contributed by atoms with Crippen LogP contribution in [0.2, 0.25) is 0 Å². The molecule has 0 radical (unpaired) electrons. The lowest BCUT2D eigenvalue weighted by atomic mass is 10.1. The summed E-state index contributed by atoms with van der Waals surface area (Å²) in [4.78, 5) is 15.8. The molecular formula is C14H15FN2OS. The lowest BCUT2D eigenvalue weighted by Crippen LogP contribution is -2.10. The van der Waals surface area contributed by atoms with Crippen molar-refractivity contribution >= 4 is 22.8 Å². The van der Waals surface area contributed by atoms with Crippen LogP contribution in [0.5, 0.6) is 0 Å². The highest BCUT2D eigenvalue weighted by molar-refractivity contribution is 7.09. The number of carbonyl (C=O) groups is 1. The summed E-state index contributed by atoms with van der Waals surface area (Å²) in [6, 6.07) is 4.61. The maximum atomic E-state index is 13.6. The molecule has 100 valence electrons. The van der Waals surface area contributed by atoms with E-state index < -0.39 is 5.82 Å². The van der Waals surface area contributed by atoms with Gasteiger partial charge in [-0.2, -0.15) is 0 Å². The van der Waals surface area contributed by atoms with Gasteiger partial charge < -0.3 is 5.32 Å². The minimum absolute atomic E-state index is 0.122. The van der Waals surface area contributed by atoms with Gasteiger partial charge in [-0.1, -0.05) is 6.07 Å². The maximum Gasteiger partial charge on any atom is 0.164 e. The second-order valence-electron chi connectivity index (χ2n) is 4.25. The predicted octanol–water partition coefficient (Wildman–Crippen LogP) is 3.45. The van der Waals surface area contributed by atoms with Crippen molar-refractivity contribution in [3.8, 4) is 0 Å². The number of rotatable bonds is 5. The highest BCUT2D eigenvalue weighted by Gasteiger charge is 2.12. The van der Waals surface area contributed by atoms with Crippen molar-refractivity contribution in [2.45, 2.75) is 20.3 Å². The molecule has 1 heterocycles. The lowest BCUT2D eigenvalue weighted by molar-refractivity contribution is 0.101. The van der Waals surface area contributed by atoms with Gasteiger partial charge >= 0.3 is 0 Å². The molecule has 0 fully saturated rings. The second-order valence-corrected chi connectivity index (χ2v) is 5.32. The minimum Gasteiger partial charge on any atom is -0.384 e. The number of aromatic nitrogens is 1. The summed E-state index contributed by atoms with van der Waals surface area (Å²) < 4.78 is 13.6. The van der Waals surface area contributed by atoms with Crippen LogP contribution in [0.3, 0.4) is 0 Å². The first-order valence-electron chi connectivity index (χ1n) is 6.02. The largest absolute Gasteiger partial charge is 0.384 e. The summed E-state index contributed by atoms with van der Waals surface area (Å²) >= 11 is 1.61. The quantitative estimate of drug-likeness (QED) is 0.852. The number of carbonyl (C=O) groups excluding carboxylic acids is 1. The van der Waals surface area contributed by atoms with E-state index in [1.54, 1.807) is 23.5 Å². The third kappa shape index (κ3) is 3.38. The van der Waals surface area contributed by atoms with Gasteiger partial charge in [-0.3, -0.25) is 4.79 Å². The van der Waals surface area contributed by atoms with E-state index in [0.29, 0.717) is 12.2 Å². The molecule has 5 heteroatoms. The topological polar surface area (TPSA) is 42.0 Å². The molecule has 2 rings (SSSR count). The molecule has 1 aromatic carbocycles. The number of benzene rings is 1. The second kappa shape index (κ2) is 5.93. The van der Waals surface area contributed by atoms with Crippen molar-refractivity contribution < 1.29 is 9.18 Å². The zero-order chi connectivity index (χ0) is 13.8. The van der Waals surface area contributed by atoms with Crippen LogP contribution in [0.4, 0.5) is 10.1 Å². The fraction of sp³-hybridized carbons (Fsp3) is 0.286. The number of nitrogens with one attached hydrogen (secondary N) is 1. The fourth-order valence-electron chi connectivity index (χ4n) is 1.88. The Balaban J connectivity index is 2.03. The Morgan fingerprint density at radius 1 is 1.47 bits per heavy atom. The number of anilines is 1. The van der Waals surface area contributed by atoms with Gasteiger partial charge in [0.05, 0.1) is 16.3 Å². The van der Waals surface area contributed by atoms with Crippen molar-refractivity contribution in [1.29, 1.82) is 0 Å². The average molecular weight is 278 g/mol. The molecule has 0 aliphatic heterocycles. The first-order chi connectivity index (χ1) is 9.08. The standard InChI is InChI=1S/C14H15FN2OS/c1-9(18)14-12(15)4-3-5-13(14)16-7-6-11-8-19-10(2)17-11/h3-5,8,16H,6-7H2,1-2H3. The monoisotopic (exact) mass is 278 g/mol. The number of aryl methyl sites for hydroxylation is 1. The minimum atomic E-state index is -0.484. The van der Waals surface area contributed by atoms with Crippen LogP contribution in [-0.2, 0) is 6.42 Å². The predicted molar refractivity (Wildman–Crippen MR) is 75.4 cm³/mol. The van der Waals surface area contributed by atoms with Gasteiger partial charge in [0.25, 0.3) is 0 Å². The normalized spacial score (nSPS) is 10.5. The molecule has 3 nitrogen and oxygen atoms in total. The molecule has 0 saturated heterocycles. The molecule has 0 spiro atoms. The van der Waals surface area contributed by atoms with Crippen molar-refractivity contribution in [3.63, 3.8) is 0 Å². The number of hydrogen-bond donors (Lipinski definition) is 1. The Bertz CT molecular complexity index is 595. The summed E-state index contributed by atoms with van der Waals surface area (Å²) in [6.45, 7) is 3.95. The van der Waals surface area contributed by atoms with Crippen LogP contribution in [0.1, 0.15) is 28.0 Å². The fourth-order valence-corrected chi connectivity index (χ4v) is 2.52. The van der Waals surface area contributed by atoms with Gasteiger partial charge in [0.1, 0.15) is 5.82 Å². The Kier molecular flexibility index (Phi) is 4.27. The third-order valence-electron chi connectivity index (χ3n) is 2.73. The van der Waals surface area contributed by atoms with Crippen molar-refractivity contribution in [3.05, 3.63) is 45.7 Å². The molecule has 0 aliphatic carbocycles. The highest BCUT2D eigenvalue weighted by Crippen LogP contribution is 2.19. The number of halogens is 1. The van der Waals surface area contributed by atoms with Gasteiger partial charge in [-0.15, -0.1) is 11.3 Å². The Hall–Kier alpha value is -1.75.